The first-order valence-corrected chi connectivity index (χ1v) is 20.0. The highest BCUT2D eigenvalue weighted by Gasteiger charge is 2.20. The second-order valence-corrected chi connectivity index (χ2v) is 14.8. The fourth-order valence-corrected chi connectivity index (χ4v) is 6.78. The Balaban J connectivity index is 1.22. The molecule has 0 spiro atoms. The second kappa shape index (κ2) is 17.2. The van der Waals surface area contributed by atoms with Gasteiger partial charge in [-0.3, -0.25) is 20.0 Å². The molecule has 0 amide bonds. The van der Waals surface area contributed by atoms with E-state index in [9.17, 15) is 25.9 Å². The predicted octanol–water partition coefficient (Wildman–Crippen LogP) is 4.40. The highest BCUT2D eigenvalue weighted by molar-refractivity contribution is 7.86. The van der Waals surface area contributed by atoms with Gasteiger partial charge in [0.1, 0.15) is 21.4 Å². The van der Waals surface area contributed by atoms with Crippen LogP contribution in [0.5, 0.6) is 0 Å². The van der Waals surface area contributed by atoms with Crippen molar-refractivity contribution in [1.82, 2.24) is 31.9 Å². The molecular weight excluding hydrogens is 761 g/mol. The van der Waals surface area contributed by atoms with Gasteiger partial charge in [0.2, 0.25) is 0 Å². The van der Waals surface area contributed by atoms with E-state index in [1.54, 1.807) is 24.3 Å². The zero-order chi connectivity index (χ0) is 39.7. The van der Waals surface area contributed by atoms with Gasteiger partial charge >= 0.3 is 0 Å². The Hall–Kier alpha value is -6.74. The van der Waals surface area contributed by atoms with Crippen LogP contribution in [-0.4, -0.2) is 61.2 Å². The number of nitrogens with zero attached hydrogens (tertiary/aromatic N) is 4. The van der Waals surface area contributed by atoms with Crippen molar-refractivity contribution < 1.29 is 25.9 Å². The van der Waals surface area contributed by atoms with Gasteiger partial charge in [-0.1, -0.05) is 60.7 Å². The molecule has 0 bridgehead atoms. The van der Waals surface area contributed by atoms with Gasteiger partial charge in [-0.25, -0.2) is 10.9 Å². The van der Waals surface area contributed by atoms with Crippen molar-refractivity contribution >= 4 is 66.8 Å². The van der Waals surface area contributed by atoms with E-state index in [2.05, 4.69) is 53.2 Å². The number of hydrazine groups is 4. The van der Waals surface area contributed by atoms with Crippen LogP contribution in [0.15, 0.2) is 141 Å². The van der Waals surface area contributed by atoms with Crippen LogP contribution < -0.4 is 43.0 Å². The lowest BCUT2D eigenvalue weighted by Gasteiger charge is -2.28. The van der Waals surface area contributed by atoms with Crippen LogP contribution in [0.25, 0.3) is 12.2 Å². The SMILES string of the molecule is CCNC1=NN(Nc2ccccc2)NC(Nc2ccc(C=Cc3ccc(NC4=CC(NCC)=NN(Nc5ccccc5)N4)cc3S(=O)(=O)O)c(S(=O)(=O)O)c2)=C1. The Morgan fingerprint density at radius 1 is 0.589 bits per heavy atom. The van der Waals surface area contributed by atoms with Crippen LogP contribution in [0.4, 0.5) is 22.7 Å². The molecule has 56 heavy (non-hydrogen) atoms. The summed E-state index contributed by atoms with van der Waals surface area (Å²) in [5, 5.41) is 24.1. The Morgan fingerprint density at radius 3 is 1.34 bits per heavy atom. The van der Waals surface area contributed by atoms with E-state index in [1.807, 2.05) is 74.5 Å². The van der Waals surface area contributed by atoms with Gasteiger partial charge in [-0.2, -0.15) is 16.8 Å². The van der Waals surface area contributed by atoms with Crippen LogP contribution in [-0.2, 0) is 20.2 Å². The van der Waals surface area contributed by atoms with Crippen molar-refractivity contribution in [1.29, 1.82) is 0 Å². The second-order valence-electron chi connectivity index (χ2n) is 12.0. The van der Waals surface area contributed by atoms with Crippen molar-refractivity contribution in [2.75, 3.05) is 34.6 Å². The quantitative estimate of drug-likeness (QED) is 0.0629. The molecule has 2 aliphatic heterocycles. The fourth-order valence-electron chi connectivity index (χ4n) is 5.37. The highest BCUT2D eigenvalue weighted by atomic mass is 32.2. The average molecular weight is 801 g/mol. The molecule has 0 aliphatic carbocycles. The van der Waals surface area contributed by atoms with Crippen molar-refractivity contribution in [3.63, 3.8) is 0 Å². The molecule has 0 aromatic heterocycles. The smallest absolute Gasteiger partial charge is 0.295 e. The largest absolute Gasteiger partial charge is 0.369 e. The number of anilines is 4. The molecule has 18 nitrogen and oxygen atoms in total. The lowest BCUT2D eigenvalue weighted by molar-refractivity contribution is 0.270. The minimum absolute atomic E-state index is 0.0483. The molecule has 0 saturated carbocycles. The third-order valence-corrected chi connectivity index (χ3v) is 9.57. The summed E-state index contributed by atoms with van der Waals surface area (Å²) < 4.78 is 70.8. The number of likely N-dealkylation sites (N-methyl/N-ethyl adjacent to an activating group) is 2. The van der Waals surface area contributed by atoms with Crippen LogP contribution in [0, 0.1) is 0 Å². The summed E-state index contributed by atoms with van der Waals surface area (Å²) in [5.41, 5.74) is 14.5. The number of nitrogens with one attached hydrogen (secondary N) is 8. The normalized spacial score (nSPS) is 14.4. The van der Waals surface area contributed by atoms with Gasteiger partial charge in [0.15, 0.2) is 11.7 Å². The molecule has 10 N–H and O–H groups in total. The Labute approximate surface area is 324 Å². The minimum Gasteiger partial charge on any atom is -0.369 e. The summed E-state index contributed by atoms with van der Waals surface area (Å²) in [7, 11) is -9.54. The topological polar surface area (TPSA) is 236 Å². The number of amidine groups is 2. The van der Waals surface area contributed by atoms with Gasteiger partial charge in [0.25, 0.3) is 20.2 Å². The number of hydrogen-bond donors (Lipinski definition) is 10. The highest BCUT2D eigenvalue weighted by Crippen LogP contribution is 2.27. The molecule has 2 heterocycles. The molecule has 292 valence electrons. The predicted molar refractivity (Wildman–Crippen MR) is 217 cm³/mol. The number of benzene rings is 4. The third-order valence-electron chi connectivity index (χ3n) is 7.75. The first-order chi connectivity index (χ1) is 26.9. The lowest BCUT2D eigenvalue weighted by atomic mass is 10.1. The maximum atomic E-state index is 12.6. The summed E-state index contributed by atoms with van der Waals surface area (Å²) in [6.07, 6.45) is 5.99. The van der Waals surface area contributed by atoms with Gasteiger partial charge in [-0.05, 0) is 73.5 Å². The summed E-state index contributed by atoms with van der Waals surface area (Å²) in [6.45, 7) is 5.00. The molecule has 0 unspecified atom stereocenters. The van der Waals surface area contributed by atoms with E-state index in [1.165, 1.54) is 46.9 Å². The average Bonchev–Trinajstić information content (AvgIpc) is 3.15. The molecule has 4 aromatic rings. The van der Waals surface area contributed by atoms with Crippen molar-refractivity contribution in [2.24, 2.45) is 10.2 Å². The number of para-hydroxylation sites is 2. The van der Waals surface area contributed by atoms with E-state index in [0.29, 0.717) is 47.8 Å². The van der Waals surface area contributed by atoms with Gasteiger partial charge < -0.3 is 21.3 Å². The molecule has 0 fully saturated rings. The van der Waals surface area contributed by atoms with E-state index in [0.717, 1.165) is 11.4 Å². The monoisotopic (exact) mass is 800 g/mol. The van der Waals surface area contributed by atoms with Crippen LogP contribution in [0.2, 0.25) is 0 Å². The summed E-state index contributed by atoms with van der Waals surface area (Å²) in [6, 6.07) is 27.1. The zero-order valence-electron chi connectivity index (χ0n) is 30.1. The minimum atomic E-state index is -4.77. The first-order valence-electron chi connectivity index (χ1n) is 17.2. The van der Waals surface area contributed by atoms with E-state index >= 15 is 0 Å². The number of rotatable bonds is 14. The molecule has 0 radical (unpaired) electrons. The molecule has 4 aromatic carbocycles. The maximum Gasteiger partial charge on any atom is 0.295 e. The lowest BCUT2D eigenvalue weighted by Crippen LogP contribution is -2.45. The maximum absolute atomic E-state index is 12.6. The number of hydrazone groups is 2. The third kappa shape index (κ3) is 10.5. The van der Waals surface area contributed by atoms with Gasteiger partial charge in [-0.15, -0.1) is 20.7 Å². The van der Waals surface area contributed by atoms with Crippen LogP contribution in [0.1, 0.15) is 25.0 Å². The van der Waals surface area contributed by atoms with Crippen LogP contribution in [0.3, 0.4) is 0 Å². The molecular formula is C36H40N12O6S2. The van der Waals surface area contributed by atoms with Crippen molar-refractivity contribution in [3.05, 3.63) is 132 Å². The van der Waals surface area contributed by atoms with E-state index in [4.69, 9.17) is 0 Å². The van der Waals surface area contributed by atoms with Gasteiger partial charge in [0, 0.05) is 36.6 Å². The standard InChI is InChI=1S/C36H40N12O6S2/c1-3-37-33-23-35(45-47(43-33)41-27-11-7-5-8-12-27)39-29-19-17-25(31(21-29)55(49,50)51)15-16-26-18-20-30(22-32(26)56(52,53)54)40-36-24-34(38-4-2)44-48(46-36)42-28-13-9-6-10-14-28/h5-24,39-42,45-46H,3-4H2,1-2H3,(H,37,43)(H,38,44)(H,49,50,51)(H,52,53,54). The van der Waals surface area contributed by atoms with Crippen molar-refractivity contribution in [2.45, 2.75) is 23.6 Å². The Bertz CT molecular complexity index is 2260. The van der Waals surface area contributed by atoms with Crippen LogP contribution >= 0.6 is 0 Å². The Morgan fingerprint density at radius 2 is 0.982 bits per heavy atom. The molecule has 2 aliphatic rings. The number of hydrogen-bond acceptors (Lipinski definition) is 16. The first kappa shape index (κ1) is 39.0. The summed E-state index contributed by atoms with van der Waals surface area (Å²) in [4.78, 5) is -0.910. The van der Waals surface area contributed by atoms with E-state index < -0.39 is 30.0 Å². The van der Waals surface area contributed by atoms with Gasteiger partial charge in [0.05, 0.1) is 11.4 Å². The molecule has 0 atom stereocenters. The Kier molecular flexibility index (Phi) is 11.9. The zero-order valence-corrected chi connectivity index (χ0v) is 31.7. The molecule has 20 heteroatoms. The molecule has 0 saturated heterocycles. The fraction of sp³-hybridized carbons (Fsp3) is 0.111. The summed E-state index contributed by atoms with van der Waals surface area (Å²) in [5.74, 6) is 1.84. The van der Waals surface area contributed by atoms with Crippen molar-refractivity contribution in [3.8, 4) is 0 Å². The van der Waals surface area contributed by atoms with E-state index in [-0.39, 0.29) is 11.1 Å². The molecule has 6 rings (SSSR count). The summed E-state index contributed by atoms with van der Waals surface area (Å²) >= 11 is 0.